The minimum absolute atomic E-state index is 0.201. The first-order valence-electron chi connectivity index (χ1n) is 5.09. The van der Waals surface area contributed by atoms with Crippen LogP contribution in [0.2, 0.25) is 0 Å². The molecule has 84 valence electrons. The number of rotatable bonds is 4. The number of ether oxygens (including phenoxy) is 1. The highest BCUT2D eigenvalue weighted by molar-refractivity contribution is 6.06. The molecule has 1 aromatic carbocycles. The van der Waals surface area contributed by atoms with Crippen LogP contribution < -0.4 is 0 Å². The van der Waals surface area contributed by atoms with E-state index in [1.807, 2.05) is 19.1 Å². The number of allylic oxidation sites excluding steroid dienone is 1. The topological polar surface area (TPSA) is 43.4 Å². The van der Waals surface area contributed by atoms with Crippen LogP contribution in [0.4, 0.5) is 0 Å². The van der Waals surface area contributed by atoms with Crippen molar-refractivity contribution in [2.75, 3.05) is 6.61 Å². The van der Waals surface area contributed by atoms with Crippen molar-refractivity contribution in [1.29, 1.82) is 0 Å². The molecule has 0 saturated heterocycles. The number of carbonyl (C=O) groups excluding carboxylic acids is 2. The van der Waals surface area contributed by atoms with Crippen molar-refractivity contribution in [3.05, 3.63) is 47.5 Å². The largest absolute Gasteiger partial charge is 0.463 e. The molecule has 16 heavy (non-hydrogen) atoms. The summed E-state index contributed by atoms with van der Waals surface area (Å²) < 4.78 is 4.67. The fourth-order valence-corrected chi connectivity index (χ4v) is 1.15. The van der Waals surface area contributed by atoms with Crippen molar-refractivity contribution in [3.63, 3.8) is 0 Å². The zero-order chi connectivity index (χ0) is 12.0. The molecule has 3 heteroatoms. The Morgan fingerprint density at radius 1 is 1.19 bits per heavy atom. The standard InChI is InChI=1S/C13H14O3/c1-3-16-13(15)9-8-12(14)11-6-4-10(2)5-7-11/h4-9H,3H2,1-2H3/b9-8+. The first kappa shape index (κ1) is 12.2. The molecule has 0 spiro atoms. The van der Waals surface area contributed by atoms with Crippen molar-refractivity contribution in [2.45, 2.75) is 13.8 Å². The van der Waals surface area contributed by atoms with Gasteiger partial charge in [-0.2, -0.15) is 0 Å². The lowest BCUT2D eigenvalue weighted by Gasteiger charge is -1.97. The first-order chi connectivity index (χ1) is 7.63. The SMILES string of the molecule is CCOC(=O)/C=C/C(=O)c1ccc(C)cc1. The first-order valence-corrected chi connectivity index (χ1v) is 5.09. The van der Waals surface area contributed by atoms with Gasteiger partial charge in [0.15, 0.2) is 5.78 Å². The van der Waals surface area contributed by atoms with E-state index in [0.717, 1.165) is 11.6 Å². The predicted octanol–water partition coefficient (Wildman–Crippen LogP) is 2.30. The second-order valence-electron chi connectivity index (χ2n) is 3.32. The van der Waals surface area contributed by atoms with Gasteiger partial charge >= 0.3 is 5.97 Å². The van der Waals surface area contributed by atoms with Crippen LogP contribution in [0, 0.1) is 6.92 Å². The number of benzene rings is 1. The van der Waals surface area contributed by atoms with E-state index >= 15 is 0 Å². The Morgan fingerprint density at radius 2 is 1.81 bits per heavy atom. The molecule has 0 N–H and O–H groups in total. The Hall–Kier alpha value is -1.90. The molecule has 0 amide bonds. The molecular formula is C13H14O3. The molecule has 0 heterocycles. The average Bonchev–Trinajstić information content (AvgIpc) is 2.27. The zero-order valence-electron chi connectivity index (χ0n) is 9.40. The number of carbonyl (C=O) groups is 2. The highest BCUT2D eigenvalue weighted by atomic mass is 16.5. The maximum Gasteiger partial charge on any atom is 0.330 e. The van der Waals surface area contributed by atoms with E-state index in [1.165, 1.54) is 6.08 Å². The molecule has 0 aromatic heterocycles. The van der Waals surface area contributed by atoms with E-state index in [2.05, 4.69) is 4.74 Å². The normalized spacial score (nSPS) is 10.4. The quantitative estimate of drug-likeness (QED) is 0.442. The Bertz CT molecular complexity index is 402. The number of esters is 1. The summed E-state index contributed by atoms with van der Waals surface area (Å²) >= 11 is 0. The van der Waals surface area contributed by atoms with Gasteiger partial charge in [-0.15, -0.1) is 0 Å². The summed E-state index contributed by atoms with van der Waals surface area (Å²) in [6.45, 7) is 3.97. The van der Waals surface area contributed by atoms with E-state index in [0.29, 0.717) is 12.2 Å². The van der Waals surface area contributed by atoms with Crippen molar-refractivity contribution < 1.29 is 14.3 Å². The third-order valence-corrected chi connectivity index (χ3v) is 1.99. The summed E-state index contributed by atoms with van der Waals surface area (Å²) in [4.78, 5) is 22.5. The van der Waals surface area contributed by atoms with Crippen molar-refractivity contribution in [3.8, 4) is 0 Å². The number of ketones is 1. The highest BCUT2D eigenvalue weighted by Gasteiger charge is 2.02. The van der Waals surface area contributed by atoms with Gasteiger partial charge in [-0.1, -0.05) is 29.8 Å². The van der Waals surface area contributed by atoms with Crippen molar-refractivity contribution in [2.24, 2.45) is 0 Å². The van der Waals surface area contributed by atoms with Gasteiger partial charge in [0.05, 0.1) is 6.61 Å². The van der Waals surface area contributed by atoms with Crippen molar-refractivity contribution >= 4 is 11.8 Å². The second kappa shape index (κ2) is 5.85. The smallest absolute Gasteiger partial charge is 0.330 e. The van der Waals surface area contributed by atoms with Gasteiger partial charge in [0, 0.05) is 11.6 Å². The van der Waals surface area contributed by atoms with Crippen LogP contribution in [0.1, 0.15) is 22.8 Å². The molecule has 3 nitrogen and oxygen atoms in total. The molecule has 0 aliphatic carbocycles. The molecule has 1 rings (SSSR count). The molecular weight excluding hydrogens is 204 g/mol. The number of hydrogen-bond acceptors (Lipinski definition) is 3. The minimum atomic E-state index is -0.497. The predicted molar refractivity (Wildman–Crippen MR) is 61.3 cm³/mol. The van der Waals surface area contributed by atoms with E-state index in [9.17, 15) is 9.59 Å². The lowest BCUT2D eigenvalue weighted by molar-refractivity contribution is -0.137. The Labute approximate surface area is 94.7 Å². The van der Waals surface area contributed by atoms with E-state index < -0.39 is 5.97 Å². The number of hydrogen-bond donors (Lipinski definition) is 0. The molecule has 0 aliphatic heterocycles. The average molecular weight is 218 g/mol. The van der Waals surface area contributed by atoms with Crippen LogP contribution in [0.3, 0.4) is 0 Å². The fraction of sp³-hybridized carbons (Fsp3) is 0.231. The molecule has 0 bridgehead atoms. The van der Waals surface area contributed by atoms with Crippen LogP contribution in [0.25, 0.3) is 0 Å². The molecule has 0 atom stereocenters. The van der Waals surface area contributed by atoms with Crippen LogP contribution in [-0.2, 0) is 9.53 Å². The van der Waals surface area contributed by atoms with E-state index in [1.54, 1.807) is 19.1 Å². The van der Waals surface area contributed by atoms with Gasteiger partial charge in [-0.3, -0.25) is 4.79 Å². The molecule has 0 saturated carbocycles. The molecule has 0 aliphatic rings. The van der Waals surface area contributed by atoms with E-state index in [4.69, 9.17) is 0 Å². The molecule has 1 aromatic rings. The summed E-state index contributed by atoms with van der Waals surface area (Å²) in [6, 6.07) is 7.16. The van der Waals surface area contributed by atoms with Crippen LogP contribution in [0.15, 0.2) is 36.4 Å². The van der Waals surface area contributed by atoms with Gasteiger partial charge in [0.25, 0.3) is 0 Å². The van der Waals surface area contributed by atoms with Gasteiger partial charge in [-0.25, -0.2) is 4.79 Å². The second-order valence-corrected chi connectivity index (χ2v) is 3.32. The summed E-state index contributed by atoms with van der Waals surface area (Å²) in [5, 5.41) is 0. The molecule has 0 radical (unpaired) electrons. The Morgan fingerprint density at radius 3 is 2.38 bits per heavy atom. The van der Waals surface area contributed by atoms with Gasteiger partial charge in [-0.05, 0) is 19.9 Å². The minimum Gasteiger partial charge on any atom is -0.463 e. The highest BCUT2D eigenvalue weighted by Crippen LogP contribution is 2.04. The van der Waals surface area contributed by atoms with Crippen LogP contribution >= 0.6 is 0 Å². The zero-order valence-corrected chi connectivity index (χ0v) is 9.40. The van der Waals surface area contributed by atoms with E-state index in [-0.39, 0.29) is 5.78 Å². The Balaban J connectivity index is 2.65. The number of aryl methyl sites for hydroxylation is 1. The third kappa shape index (κ3) is 3.69. The summed E-state index contributed by atoms with van der Waals surface area (Å²) in [7, 11) is 0. The summed E-state index contributed by atoms with van der Waals surface area (Å²) in [6.07, 6.45) is 2.37. The van der Waals surface area contributed by atoms with Gasteiger partial charge < -0.3 is 4.74 Å². The maximum absolute atomic E-state index is 11.6. The van der Waals surface area contributed by atoms with Gasteiger partial charge in [0.2, 0.25) is 0 Å². The maximum atomic E-state index is 11.6. The lowest BCUT2D eigenvalue weighted by atomic mass is 10.1. The van der Waals surface area contributed by atoms with Gasteiger partial charge in [0.1, 0.15) is 0 Å². The lowest BCUT2D eigenvalue weighted by Crippen LogP contribution is -2.01. The fourth-order valence-electron chi connectivity index (χ4n) is 1.15. The Kier molecular flexibility index (Phi) is 4.45. The molecule has 0 unspecified atom stereocenters. The summed E-state index contributed by atoms with van der Waals surface area (Å²) in [5.41, 5.74) is 1.65. The third-order valence-electron chi connectivity index (χ3n) is 1.99. The van der Waals surface area contributed by atoms with Crippen molar-refractivity contribution in [1.82, 2.24) is 0 Å². The van der Waals surface area contributed by atoms with Crippen LogP contribution in [-0.4, -0.2) is 18.4 Å². The van der Waals surface area contributed by atoms with Crippen LogP contribution in [0.5, 0.6) is 0 Å². The summed E-state index contributed by atoms with van der Waals surface area (Å²) in [5.74, 6) is -0.698. The monoisotopic (exact) mass is 218 g/mol. The molecule has 0 fully saturated rings.